The van der Waals surface area contributed by atoms with E-state index in [2.05, 4.69) is 31.7 Å². The largest absolute Gasteiger partial charge is 0.351 e. The third-order valence-electron chi connectivity index (χ3n) is 4.45. The summed E-state index contributed by atoms with van der Waals surface area (Å²) in [5, 5.41) is 20.7. The van der Waals surface area contributed by atoms with Gasteiger partial charge in [-0.1, -0.05) is 17.3 Å². The number of nitrogens with zero attached hydrogens (tertiary/aromatic N) is 6. The predicted molar refractivity (Wildman–Crippen MR) is 89.4 cm³/mol. The van der Waals surface area contributed by atoms with Gasteiger partial charge < -0.3 is 5.32 Å². The molecule has 2 aromatic heterocycles. The maximum Gasteiger partial charge on any atom is 0.224 e. The average molecular weight is 319 g/mol. The Morgan fingerprint density at radius 1 is 1.12 bits per heavy atom. The van der Waals surface area contributed by atoms with Crippen molar-refractivity contribution in [2.75, 3.05) is 5.32 Å². The average Bonchev–Trinajstić information content (AvgIpc) is 3.07. The molecule has 0 radical (unpaired) electrons. The summed E-state index contributed by atoms with van der Waals surface area (Å²) in [5.41, 5.74) is 1.75. The Kier molecular flexibility index (Phi) is 3.79. The summed E-state index contributed by atoms with van der Waals surface area (Å²) in [6, 6.07) is 12.3. The molecule has 0 amide bonds. The molecule has 1 aliphatic carbocycles. The maximum atomic E-state index is 8.98. The minimum Gasteiger partial charge on any atom is -0.351 e. The molecule has 0 aliphatic heterocycles. The first kappa shape index (κ1) is 14.6. The molecule has 2 heterocycles. The molecular formula is C17H17N7. The van der Waals surface area contributed by atoms with E-state index in [0.717, 1.165) is 36.7 Å². The van der Waals surface area contributed by atoms with Crippen LogP contribution in [-0.4, -0.2) is 31.0 Å². The molecule has 1 saturated carbocycles. The van der Waals surface area contributed by atoms with Crippen LogP contribution < -0.4 is 5.32 Å². The van der Waals surface area contributed by atoms with Crippen LogP contribution in [-0.2, 0) is 0 Å². The number of aromatic nitrogens is 5. The topological polar surface area (TPSA) is 92.3 Å². The maximum absolute atomic E-state index is 8.98. The third-order valence-corrected chi connectivity index (χ3v) is 4.45. The molecule has 1 aromatic carbocycles. The molecule has 4 rings (SSSR count). The number of anilines is 1. The fourth-order valence-electron chi connectivity index (χ4n) is 3.12. The van der Waals surface area contributed by atoms with Gasteiger partial charge in [-0.15, -0.1) is 5.10 Å². The lowest BCUT2D eigenvalue weighted by Crippen LogP contribution is -2.26. The van der Waals surface area contributed by atoms with Crippen molar-refractivity contribution in [3.63, 3.8) is 0 Å². The zero-order valence-electron chi connectivity index (χ0n) is 13.1. The first-order chi connectivity index (χ1) is 11.8. The summed E-state index contributed by atoms with van der Waals surface area (Å²) in [4.78, 5) is 8.89. The van der Waals surface area contributed by atoms with E-state index in [4.69, 9.17) is 5.26 Å². The van der Waals surface area contributed by atoms with Gasteiger partial charge >= 0.3 is 0 Å². The zero-order valence-corrected chi connectivity index (χ0v) is 13.1. The van der Waals surface area contributed by atoms with Crippen molar-refractivity contribution in [3.05, 3.63) is 36.5 Å². The molecule has 1 N–H and O–H groups in total. The Hall–Kier alpha value is -3.01. The summed E-state index contributed by atoms with van der Waals surface area (Å²) in [7, 11) is 0. The van der Waals surface area contributed by atoms with Crippen molar-refractivity contribution in [1.82, 2.24) is 25.0 Å². The van der Waals surface area contributed by atoms with Crippen LogP contribution in [0.1, 0.15) is 25.7 Å². The van der Waals surface area contributed by atoms with E-state index in [1.165, 1.54) is 0 Å². The predicted octanol–water partition coefficient (Wildman–Crippen LogP) is 2.70. The summed E-state index contributed by atoms with van der Waals surface area (Å²) in [5.74, 6) is 1.47. The van der Waals surface area contributed by atoms with E-state index in [1.54, 1.807) is 10.9 Å². The van der Waals surface area contributed by atoms with Gasteiger partial charge in [0, 0.05) is 24.2 Å². The molecule has 120 valence electrons. The van der Waals surface area contributed by atoms with Gasteiger partial charge in [0.15, 0.2) is 5.82 Å². The zero-order chi connectivity index (χ0) is 16.4. The highest BCUT2D eigenvalue weighted by Crippen LogP contribution is 2.25. The number of hydrogen-bond donors (Lipinski definition) is 1. The molecule has 0 unspecified atom stereocenters. The van der Waals surface area contributed by atoms with Gasteiger partial charge in [-0.05, 0) is 37.8 Å². The number of nitriles is 1. The van der Waals surface area contributed by atoms with Crippen molar-refractivity contribution < 1.29 is 0 Å². The lowest BCUT2D eigenvalue weighted by molar-refractivity contribution is 0.396. The van der Waals surface area contributed by atoms with E-state index < -0.39 is 0 Å². The quantitative estimate of drug-likeness (QED) is 0.798. The molecule has 0 spiro atoms. The van der Waals surface area contributed by atoms with Gasteiger partial charge in [-0.3, -0.25) is 0 Å². The van der Waals surface area contributed by atoms with Crippen LogP contribution in [0.5, 0.6) is 0 Å². The highest BCUT2D eigenvalue weighted by Gasteiger charge is 2.21. The highest BCUT2D eigenvalue weighted by atomic mass is 15.4. The molecule has 24 heavy (non-hydrogen) atoms. The van der Waals surface area contributed by atoms with Gasteiger partial charge in [-0.2, -0.15) is 14.9 Å². The van der Waals surface area contributed by atoms with E-state index in [-0.39, 0.29) is 5.92 Å². The van der Waals surface area contributed by atoms with Gasteiger partial charge in [0.2, 0.25) is 5.95 Å². The lowest BCUT2D eigenvalue weighted by Gasteiger charge is -2.25. The Labute approximate surface area is 139 Å². The number of para-hydroxylation sites is 1. The van der Waals surface area contributed by atoms with Gasteiger partial charge in [0.05, 0.1) is 11.6 Å². The molecule has 3 aromatic rings. The van der Waals surface area contributed by atoms with Crippen LogP contribution in [0, 0.1) is 17.2 Å². The second-order valence-corrected chi connectivity index (χ2v) is 6.05. The van der Waals surface area contributed by atoms with Crippen molar-refractivity contribution >= 4 is 17.0 Å². The molecule has 1 aliphatic rings. The molecule has 7 nitrogen and oxygen atoms in total. The van der Waals surface area contributed by atoms with Crippen molar-refractivity contribution in [2.45, 2.75) is 31.7 Å². The molecule has 7 heteroatoms. The Bertz CT molecular complexity index is 887. The fraction of sp³-hybridized carbons (Fsp3) is 0.353. The minimum atomic E-state index is 0.191. The van der Waals surface area contributed by atoms with Crippen LogP contribution in [0.4, 0.5) is 5.95 Å². The molecule has 0 bridgehead atoms. The standard InChI is InChI=1S/C17H17N7/c18-11-12-5-7-13(8-6-12)20-17-19-10-9-16(21-17)24-15-4-2-1-3-14(15)22-23-24/h1-4,9-10,12-13H,5-8H2,(H,19,20,21). The van der Waals surface area contributed by atoms with E-state index >= 15 is 0 Å². The van der Waals surface area contributed by atoms with Gasteiger partial charge in [0.1, 0.15) is 5.52 Å². The second kappa shape index (κ2) is 6.24. The normalized spacial score (nSPS) is 20.6. The van der Waals surface area contributed by atoms with Gasteiger partial charge in [-0.25, -0.2) is 4.98 Å². The number of rotatable bonds is 3. The van der Waals surface area contributed by atoms with Crippen molar-refractivity contribution in [3.8, 4) is 11.9 Å². The lowest BCUT2D eigenvalue weighted by atomic mass is 9.87. The molecule has 0 saturated heterocycles. The Morgan fingerprint density at radius 3 is 2.79 bits per heavy atom. The van der Waals surface area contributed by atoms with Crippen LogP contribution >= 0.6 is 0 Å². The van der Waals surface area contributed by atoms with Crippen LogP contribution in [0.2, 0.25) is 0 Å². The minimum absolute atomic E-state index is 0.191. The smallest absolute Gasteiger partial charge is 0.224 e. The summed E-state index contributed by atoms with van der Waals surface area (Å²) < 4.78 is 1.72. The van der Waals surface area contributed by atoms with E-state index in [1.807, 2.05) is 30.3 Å². The van der Waals surface area contributed by atoms with E-state index in [0.29, 0.717) is 17.8 Å². The monoisotopic (exact) mass is 319 g/mol. The summed E-state index contributed by atoms with van der Waals surface area (Å²) >= 11 is 0. The first-order valence-corrected chi connectivity index (χ1v) is 8.13. The van der Waals surface area contributed by atoms with Crippen LogP contribution in [0.25, 0.3) is 16.9 Å². The van der Waals surface area contributed by atoms with E-state index in [9.17, 15) is 0 Å². The number of hydrogen-bond acceptors (Lipinski definition) is 6. The highest BCUT2D eigenvalue weighted by molar-refractivity contribution is 5.75. The summed E-state index contributed by atoms with van der Waals surface area (Å²) in [6.07, 6.45) is 5.53. The molecule has 1 fully saturated rings. The third kappa shape index (κ3) is 2.78. The SMILES string of the molecule is N#CC1CCC(Nc2nccc(-n3nnc4ccccc43)n2)CC1. The van der Waals surface area contributed by atoms with Gasteiger partial charge in [0.25, 0.3) is 0 Å². The second-order valence-electron chi connectivity index (χ2n) is 6.05. The molecule has 0 atom stereocenters. The summed E-state index contributed by atoms with van der Waals surface area (Å²) in [6.45, 7) is 0. The van der Waals surface area contributed by atoms with Crippen molar-refractivity contribution in [2.24, 2.45) is 5.92 Å². The fourth-order valence-corrected chi connectivity index (χ4v) is 3.12. The number of nitrogens with one attached hydrogen (secondary N) is 1. The first-order valence-electron chi connectivity index (χ1n) is 8.13. The Morgan fingerprint density at radius 2 is 1.96 bits per heavy atom. The molecular weight excluding hydrogens is 302 g/mol. The van der Waals surface area contributed by atoms with Crippen LogP contribution in [0.3, 0.4) is 0 Å². The number of fused-ring (bicyclic) bond motifs is 1. The number of benzene rings is 1. The van der Waals surface area contributed by atoms with Crippen molar-refractivity contribution in [1.29, 1.82) is 5.26 Å². The Balaban J connectivity index is 1.55. The van der Waals surface area contributed by atoms with Crippen LogP contribution in [0.15, 0.2) is 36.5 Å².